The molecule has 9 heteroatoms. The number of rotatable bonds is 6. The third-order valence-electron chi connectivity index (χ3n) is 2.75. The quantitative estimate of drug-likeness (QED) is 0.447. The average Bonchev–Trinajstić information content (AvgIpc) is 2.43. The summed E-state index contributed by atoms with van der Waals surface area (Å²) in [4.78, 5) is 9.79. The highest BCUT2D eigenvalue weighted by atomic mass is 32.2. The molecule has 1 aromatic carbocycles. The topological polar surface area (TPSA) is 114 Å². The van der Waals surface area contributed by atoms with Gasteiger partial charge in [0.25, 0.3) is 5.69 Å². The predicted molar refractivity (Wildman–Crippen MR) is 74.3 cm³/mol. The van der Waals surface area contributed by atoms with Gasteiger partial charge in [-0.25, -0.2) is 8.42 Å². The Labute approximate surface area is 122 Å². The first kappa shape index (κ1) is 16.9. The lowest BCUT2D eigenvalue weighted by molar-refractivity contribution is -0.385. The van der Waals surface area contributed by atoms with Gasteiger partial charge in [-0.1, -0.05) is 0 Å². The second-order valence-corrected chi connectivity index (χ2v) is 6.25. The van der Waals surface area contributed by atoms with E-state index < -0.39 is 21.0 Å². The molecule has 114 valence electrons. The van der Waals surface area contributed by atoms with Crippen molar-refractivity contribution in [2.75, 3.05) is 13.7 Å². The Morgan fingerprint density at radius 1 is 1.48 bits per heavy atom. The maximum absolute atomic E-state index is 12.6. The van der Waals surface area contributed by atoms with E-state index >= 15 is 0 Å². The Hall–Kier alpha value is -2.18. The van der Waals surface area contributed by atoms with Crippen LogP contribution in [0.2, 0.25) is 0 Å². The van der Waals surface area contributed by atoms with Crippen molar-refractivity contribution in [2.24, 2.45) is 0 Å². The molecule has 0 heterocycles. The Morgan fingerprint density at radius 3 is 2.52 bits per heavy atom. The van der Waals surface area contributed by atoms with Crippen molar-refractivity contribution in [3.05, 3.63) is 28.3 Å². The molecule has 21 heavy (non-hydrogen) atoms. The largest absolute Gasteiger partial charge is 0.495 e. The Morgan fingerprint density at radius 2 is 2.10 bits per heavy atom. The van der Waals surface area contributed by atoms with Gasteiger partial charge in [0.2, 0.25) is 10.0 Å². The molecular weight excluding hydrogens is 298 g/mol. The van der Waals surface area contributed by atoms with Crippen LogP contribution in [0.5, 0.6) is 5.75 Å². The molecule has 0 amide bonds. The number of hydrogen-bond acceptors (Lipinski definition) is 6. The first-order valence-corrected chi connectivity index (χ1v) is 7.41. The zero-order valence-electron chi connectivity index (χ0n) is 11.8. The van der Waals surface area contributed by atoms with Crippen molar-refractivity contribution in [3.63, 3.8) is 0 Å². The van der Waals surface area contributed by atoms with Crippen LogP contribution in [0, 0.1) is 21.4 Å². The highest BCUT2D eigenvalue weighted by Gasteiger charge is 2.31. The van der Waals surface area contributed by atoms with Crippen molar-refractivity contribution in [1.29, 1.82) is 5.26 Å². The zero-order valence-corrected chi connectivity index (χ0v) is 12.6. The van der Waals surface area contributed by atoms with Crippen LogP contribution in [-0.2, 0) is 10.0 Å². The van der Waals surface area contributed by atoms with E-state index in [1.54, 1.807) is 19.9 Å². The standard InChI is InChI=1S/C12H15N3O5S/c1-9(2)14(7-6-13)21(18,19)12-8-10(15(16)17)4-5-11(12)20-3/h4-5,8-9H,7H2,1-3H3. The minimum Gasteiger partial charge on any atom is -0.495 e. The highest BCUT2D eigenvalue weighted by Crippen LogP contribution is 2.31. The molecule has 0 aliphatic carbocycles. The van der Waals surface area contributed by atoms with Gasteiger partial charge in [-0.2, -0.15) is 9.57 Å². The van der Waals surface area contributed by atoms with Crippen LogP contribution in [-0.4, -0.2) is 37.3 Å². The Bertz CT molecular complexity index is 679. The summed E-state index contributed by atoms with van der Waals surface area (Å²) in [5.41, 5.74) is -0.366. The molecule has 0 spiro atoms. The number of benzene rings is 1. The van der Waals surface area contributed by atoms with Crippen LogP contribution in [0.3, 0.4) is 0 Å². The maximum atomic E-state index is 12.6. The van der Waals surface area contributed by atoms with Crippen molar-refractivity contribution in [2.45, 2.75) is 24.8 Å². The molecule has 0 aliphatic rings. The van der Waals surface area contributed by atoms with E-state index in [1.165, 1.54) is 13.2 Å². The molecule has 0 aromatic heterocycles. The molecule has 0 radical (unpaired) electrons. The highest BCUT2D eigenvalue weighted by molar-refractivity contribution is 7.89. The van der Waals surface area contributed by atoms with Crippen molar-refractivity contribution >= 4 is 15.7 Å². The summed E-state index contributed by atoms with van der Waals surface area (Å²) < 4.78 is 31.1. The number of hydrogen-bond donors (Lipinski definition) is 0. The fourth-order valence-corrected chi connectivity index (χ4v) is 3.43. The first-order chi connectivity index (χ1) is 9.75. The molecule has 0 atom stereocenters. The molecule has 0 unspecified atom stereocenters. The van der Waals surface area contributed by atoms with Gasteiger partial charge in [-0.3, -0.25) is 10.1 Å². The molecule has 0 fully saturated rings. The lowest BCUT2D eigenvalue weighted by atomic mass is 10.3. The number of non-ortho nitro benzene ring substituents is 1. The van der Waals surface area contributed by atoms with Crippen LogP contribution in [0.1, 0.15) is 13.8 Å². The normalized spacial score (nSPS) is 11.4. The van der Waals surface area contributed by atoms with Gasteiger partial charge in [0.05, 0.1) is 18.1 Å². The van der Waals surface area contributed by atoms with Crippen LogP contribution < -0.4 is 4.74 Å². The van der Waals surface area contributed by atoms with E-state index in [9.17, 15) is 18.5 Å². The number of methoxy groups -OCH3 is 1. The fourth-order valence-electron chi connectivity index (χ4n) is 1.72. The smallest absolute Gasteiger partial charge is 0.271 e. The number of nitro groups is 1. The van der Waals surface area contributed by atoms with Crippen LogP contribution >= 0.6 is 0 Å². The van der Waals surface area contributed by atoms with Gasteiger partial charge in [0, 0.05) is 18.2 Å². The minimum atomic E-state index is -4.08. The lowest BCUT2D eigenvalue weighted by Crippen LogP contribution is -2.37. The number of nitrogens with zero attached hydrogens (tertiary/aromatic N) is 3. The fraction of sp³-hybridized carbons (Fsp3) is 0.417. The van der Waals surface area contributed by atoms with E-state index in [2.05, 4.69) is 0 Å². The molecule has 0 N–H and O–H groups in total. The van der Waals surface area contributed by atoms with E-state index in [0.29, 0.717) is 0 Å². The molecule has 1 aromatic rings. The van der Waals surface area contributed by atoms with E-state index in [1.807, 2.05) is 0 Å². The summed E-state index contributed by atoms with van der Waals surface area (Å²) >= 11 is 0. The second-order valence-electron chi connectivity index (χ2n) is 4.39. The average molecular weight is 313 g/mol. The summed E-state index contributed by atoms with van der Waals surface area (Å²) in [5, 5.41) is 19.6. The van der Waals surface area contributed by atoms with E-state index in [4.69, 9.17) is 10.00 Å². The monoisotopic (exact) mass is 313 g/mol. The minimum absolute atomic E-state index is 0.0100. The molecule has 0 saturated carbocycles. The molecule has 8 nitrogen and oxygen atoms in total. The van der Waals surface area contributed by atoms with Gasteiger partial charge in [0.15, 0.2) is 0 Å². The number of sulfonamides is 1. The van der Waals surface area contributed by atoms with Gasteiger partial charge >= 0.3 is 0 Å². The molecule has 0 saturated heterocycles. The Kier molecular flexibility index (Phi) is 5.23. The van der Waals surface area contributed by atoms with Gasteiger partial charge in [0.1, 0.15) is 17.2 Å². The SMILES string of the molecule is COc1ccc([N+](=O)[O-])cc1S(=O)(=O)N(CC#N)C(C)C. The van der Waals surface area contributed by atoms with E-state index in [-0.39, 0.29) is 22.9 Å². The van der Waals surface area contributed by atoms with Crippen LogP contribution in [0.4, 0.5) is 5.69 Å². The van der Waals surface area contributed by atoms with Gasteiger partial charge < -0.3 is 4.74 Å². The van der Waals surface area contributed by atoms with Crippen molar-refractivity contribution in [3.8, 4) is 11.8 Å². The zero-order chi connectivity index (χ0) is 16.2. The predicted octanol–water partition coefficient (Wildman–Crippen LogP) is 1.53. The molecule has 0 bridgehead atoms. The molecular formula is C12H15N3O5S. The summed E-state index contributed by atoms with van der Waals surface area (Å²) in [7, 11) is -2.81. The number of nitriles is 1. The van der Waals surface area contributed by atoms with Crippen LogP contribution in [0.15, 0.2) is 23.1 Å². The van der Waals surface area contributed by atoms with Crippen molar-refractivity contribution in [1.82, 2.24) is 4.31 Å². The first-order valence-electron chi connectivity index (χ1n) is 5.97. The summed E-state index contributed by atoms with van der Waals surface area (Å²) in [6.07, 6.45) is 0. The van der Waals surface area contributed by atoms with E-state index in [0.717, 1.165) is 16.4 Å². The second kappa shape index (κ2) is 6.51. The number of nitro benzene ring substituents is 1. The Balaban J connectivity index is 3.51. The van der Waals surface area contributed by atoms with Crippen molar-refractivity contribution < 1.29 is 18.1 Å². The summed E-state index contributed by atoms with van der Waals surface area (Å²) in [6.45, 7) is 2.86. The molecule has 1 rings (SSSR count). The van der Waals surface area contributed by atoms with Crippen LogP contribution in [0.25, 0.3) is 0 Å². The van der Waals surface area contributed by atoms with Gasteiger partial charge in [-0.05, 0) is 19.9 Å². The maximum Gasteiger partial charge on any atom is 0.271 e. The number of ether oxygens (including phenoxy) is 1. The molecule has 0 aliphatic heterocycles. The summed E-state index contributed by atoms with van der Waals surface area (Å²) in [6, 6.07) is 4.60. The third kappa shape index (κ3) is 3.48. The third-order valence-corrected chi connectivity index (χ3v) is 4.79. The lowest BCUT2D eigenvalue weighted by Gasteiger charge is -2.23. The van der Waals surface area contributed by atoms with Gasteiger partial charge in [-0.15, -0.1) is 0 Å². The summed E-state index contributed by atoms with van der Waals surface area (Å²) in [5.74, 6) is -0.0100.